The van der Waals surface area contributed by atoms with Gasteiger partial charge in [-0.1, -0.05) is 0 Å². The normalized spacial score (nSPS) is 16.8. The second-order valence-corrected chi connectivity index (χ2v) is 6.75. The summed E-state index contributed by atoms with van der Waals surface area (Å²) in [7, 11) is 0. The number of carbonyl (C=O) groups is 1. The number of carboxylic acid groups (broad SMARTS) is 1. The molecule has 0 bridgehead atoms. The van der Waals surface area contributed by atoms with Crippen molar-refractivity contribution in [3.8, 4) is 0 Å². The highest BCUT2D eigenvalue weighted by atomic mass is 16.4. The van der Waals surface area contributed by atoms with E-state index in [1.165, 1.54) is 0 Å². The summed E-state index contributed by atoms with van der Waals surface area (Å²) in [5.41, 5.74) is 2.63. The van der Waals surface area contributed by atoms with E-state index in [0.29, 0.717) is 38.3 Å². The van der Waals surface area contributed by atoms with Crippen LogP contribution in [0.3, 0.4) is 0 Å². The number of aliphatic hydroxyl groups is 1. The molecule has 3 heterocycles. The van der Waals surface area contributed by atoms with Crippen molar-refractivity contribution >= 4 is 11.9 Å². The molecule has 8 heteroatoms. The van der Waals surface area contributed by atoms with Crippen LogP contribution in [-0.2, 0) is 11.2 Å². The quantitative estimate of drug-likeness (QED) is 0.742. The van der Waals surface area contributed by atoms with Crippen molar-refractivity contribution in [2.45, 2.75) is 33.1 Å². The third kappa shape index (κ3) is 3.63. The molecular weight excluding hydrogens is 322 g/mol. The fourth-order valence-corrected chi connectivity index (χ4v) is 3.17. The van der Waals surface area contributed by atoms with Crippen LogP contribution in [-0.4, -0.2) is 56.0 Å². The molecule has 2 aromatic heterocycles. The standard InChI is InChI=1S/C17H23N5O3/c1-11-7-13(9-14-8-12(2)20-21-14)19-16(18-11)22-5-3-17(10-23,4-6-22)15(24)25/h7-8,23H,3-6,9-10H2,1-2H3,(H,20,21)(H,24,25). The summed E-state index contributed by atoms with van der Waals surface area (Å²) in [6, 6.07) is 3.92. The fraction of sp³-hybridized carbons (Fsp3) is 0.529. The lowest BCUT2D eigenvalue weighted by atomic mass is 9.79. The maximum atomic E-state index is 11.4. The molecule has 1 aliphatic heterocycles. The monoisotopic (exact) mass is 345 g/mol. The van der Waals surface area contributed by atoms with E-state index in [-0.39, 0.29) is 6.61 Å². The molecule has 1 aliphatic rings. The fourth-order valence-electron chi connectivity index (χ4n) is 3.17. The van der Waals surface area contributed by atoms with Crippen LogP contribution in [0.5, 0.6) is 0 Å². The first kappa shape index (κ1) is 17.3. The van der Waals surface area contributed by atoms with Crippen molar-refractivity contribution in [3.63, 3.8) is 0 Å². The lowest BCUT2D eigenvalue weighted by Crippen LogP contribution is -2.47. The Labute approximate surface area is 145 Å². The second-order valence-electron chi connectivity index (χ2n) is 6.75. The number of aromatic nitrogens is 4. The Bertz CT molecular complexity index is 765. The zero-order valence-corrected chi connectivity index (χ0v) is 14.5. The molecule has 1 fully saturated rings. The molecule has 0 atom stereocenters. The summed E-state index contributed by atoms with van der Waals surface area (Å²) >= 11 is 0. The second kappa shape index (κ2) is 6.79. The van der Waals surface area contributed by atoms with Gasteiger partial charge in [-0.05, 0) is 38.8 Å². The topological polar surface area (TPSA) is 115 Å². The lowest BCUT2D eigenvalue weighted by Gasteiger charge is -2.37. The third-order valence-corrected chi connectivity index (χ3v) is 4.78. The van der Waals surface area contributed by atoms with Gasteiger partial charge >= 0.3 is 5.97 Å². The number of hydrogen-bond acceptors (Lipinski definition) is 6. The Kier molecular flexibility index (Phi) is 4.71. The van der Waals surface area contributed by atoms with E-state index in [9.17, 15) is 15.0 Å². The van der Waals surface area contributed by atoms with E-state index in [1.807, 2.05) is 30.9 Å². The maximum absolute atomic E-state index is 11.4. The van der Waals surface area contributed by atoms with Crippen molar-refractivity contribution in [3.05, 3.63) is 34.9 Å². The Balaban J connectivity index is 1.76. The first-order valence-electron chi connectivity index (χ1n) is 8.36. The van der Waals surface area contributed by atoms with E-state index < -0.39 is 11.4 Å². The molecule has 134 valence electrons. The Morgan fingerprint density at radius 1 is 1.24 bits per heavy atom. The Hall–Kier alpha value is -2.48. The van der Waals surface area contributed by atoms with E-state index in [4.69, 9.17) is 0 Å². The van der Waals surface area contributed by atoms with Gasteiger partial charge in [0.1, 0.15) is 0 Å². The molecule has 0 spiro atoms. The Morgan fingerprint density at radius 3 is 2.52 bits per heavy atom. The first-order chi connectivity index (χ1) is 11.9. The summed E-state index contributed by atoms with van der Waals surface area (Å²) in [6.45, 7) is 4.56. The van der Waals surface area contributed by atoms with Crippen LogP contribution in [0.2, 0.25) is 0 Å². The number of nitrogens with zero attached hydrogens (tertiary/aromatic N) is 4. The highest BCUT2D eigenvalue weighted by molar-refractivity contribution is 5.75. The van der Waals surface area contributed by atoms with Crippen LogP contribution < -0.4 is 4.90 Å². The number of rotatable bonds is 5. The van der Waals surface area contributed by atoms with Crippen molar-refractivity contribution in [1.82, 2.24) is 20.2 Å². The van der Waals surface area contributed by atoms with Gasteiger partial charge in [-0.3, -0.25) is 9.89 Å². The van der Waals surface area contributed by atoms with E-state index in [2.05, 4.69) is 20.2 Å². The SMILES string of the molecule is Cc1cc(Cc2cc(C)[nH]n2)nc(N2CCC(CO)(C(=O)O)CC2)n1. The zero-order chi connectivity index (χ0) is 18.0. The number of hydrogen-bond donors (Lipinski definition) is 3. The molecule has 0 aliphatic carbocycles. The van der Waals surface area contributed by atoms with Crippen LogP contribution >= 0.6 is 0 Å². The number of piperidine rings is 1. The molecule has 0 aromatic carbocycles. The lowest BCUT2D eigenvalue weighted by molar-refractivity contribution is -0.153. The maximum Gasteiger partial charge on any atom is 0.312 e. The van der Waals surface area contributed by atoms with Gasteiger partial charge in [-0.15, -0.1) is 0 Å². The average molecular weight is 345 g/mol. The predicted molar refractivity (Wildman–Crippen MR) is 91.5 cm³/mol. The highest BCUT2D eigenvalue weighted by Gasteiger charge is 2.41. The first-order valence-corrected chi connectivity index (χ1v) is 8.36. The van der Waals surface area contributed by atoms with Gasteiger partial charge in [0.2, 0.25) is 5.95 Å². The molecule has 0 radical (unpaired) electrons. The summed E-state index contributed by atoms with van der Waals surface area (Å²) in [5.74, 6) is -0.325. The average Bonchev–Trinajstić information content (AvgIpc) is 2.99. The van der Waals surface area contributed by atoms with E-state index in [1.54, 1.807) is 0 Å². The van der Waals surface area contributed by atoms with Crippen LogP contribution in [0.25, 0.3) is 0 Å². The van der Waals surface area contributed by atoms with Gasteiger partial charge in [-0.25, -0.2) is 9.97 Å². The number of aliphatic carboxylic acids is 1. The van der Waals surface area contributed by atoms with Gasteiger partial charge in [-0.2, -0.15) is 5.10 Å². The molecule has 8 nitrogen and oxygen atoms in total. The number of aliphatic hydroxyl groups excluding tert-OH is 1. The molecular formula is C17H23N5O3. The highest BCUT2D eigenvalue weighted by Crippen LogP contribution is 2.32. The van der Waals surface area contributed by atoms with Crippen molar-refractivity contribution < 1.29 is 15.0 Å². The molecule has 0 saturated carbocycles. The number of H-pyrrole nitrogens is 1. The zero-order valence-electron chi connectivity index (χ0n) is 14.5. The largest absolute Gasteiger partial charge is 0.481 e. The molecule has 25 heavy (non-hydrogen) atoms. The smallest absolute Gasteiger partial charge is 0.312 e. The van der Waals surface area contributed by atoms with E-state index >= 15 is 0 Å². The van der Waals surface area contributed by atoms with Crippen molar-refractivity contribution in [2.24, 2.45) is 5.41 Å². The molecule has 3 rings (SSSR count). The predicted octanol–water partition coefficient (Wildman–Crippen LogP) is 1.07. The van der Waals surface area contributed by atoms with Gasteiger partial charge < -0.3 is 15.1 Å². The number of nitrogens with one attached hydrogen (secondary N) is 1. The molecule has 2 aromatic rings. The van der Waals surface area contributed by atoms with Crippen LogP contribution in [0.1, 0.15) is 35.6 Å². The molecule has 0 unspecified atom stereocenters. The van der Waals surface area contributed by atoms with E-state index in [0.717, 1.165) is 22.8 Å². The summed E-state index contributed by atoms with van der Waals surface area (Å²) < 4.78 is 0. The van der Waals surface area contributed by atoms with Gasteiger partial charge in [0, 0.05) is 30.9 Å². The minimum absolute atomic E-state index is 0.339. The van der Waals surface area contributed by atoms with Gasteiger partial charge in [0.15, 0.2) is 0 Å². The molecule has 1 saturated heterocycles. The van der Waals surface area contributed by atoms with Gasteiger partial charge in [0.05, 0.1) is 23.4 Å². The van der Waals surface area contributed by atoms with Crippen LogP contribution in [0.15, 0.2) is 12.1 Å². The third-order valence-electron chi connectivity index (χ3n) is 4.78. The van der Waals surface area contributed by atoms with Crippen LogP contribution in [0.4, 0.5) is 5.95 Å². The van der Waals surface area contributed by atoms with Crippen LogP contribution in [0, 0.1) is 19.3 Å². The molecule has 3 N–H and O–H groups in total. The Morgan fingerprint density at radius 2 is 1.96 bits per heavy atom. The minimum atomic E-state index is -1.05. The molecule has 0 amide bonds. The summed E-state index contributed by atoms with van der Waals surface area (Å²) in [5, 5.41) is 26.0. The minimum Gasteiger partial charge on any atom is -0.481 e. The van der Waals surface area contributed by atoms with Crippen molar-refractivity contribution in [1.29, 1.82) is 0 Å². The van der Waals surface area contributed by atoms with Crippen molar-refractivity contribution in [2.75, 3.05) is 24.6 Å². The summed E-state index contributed by atoms with van der Waals surface area (Å²) in [4.78, 5) is 22.6. The summed E-state index contributed by atoms with van der Waals surface area (Å²) in [6.07, 6.45) is 1.37. The number of aromatic amines is 1. The number of anilines is 1. The number of aryl methyl sites for hydroxylation is 2. The van der Waals surface area contributed by atoms with Gasteiger partial charge in [0.25, 0.3) is 0 Å². The number of carboxylic acids is 1.